The Hall–Kier alpha value is -2.83. The molecule has 7 heteroatoms. The van der Waals surface area contributed by atoms with Gasteiger partial charge in [-0.2, -0.15) is 0 Å². The van der Waals surface area contributed by atoms with Crippen molar-refractivity contribution in [3.05, 3.63) is 47.3 Å². The Morgan fingerprint density at radius 2 is 2.05 bits per heavy atom. The first-order valence-corrected chi connectivity index (χ1v) is 6.58. The number of carbonyl (C=O) groups excluding carboxylic acids is 1. The van der Waals surface area contributed by atoms with Gasteiger partial charge >= 0.3 is 5.97 Å². The normalized spacial score (nSPS) is 11.7. The van der Waals surface area contributed by atoms with E-state index in [1.54, 1.807) is 37.3 Å². The van der Waals surface area contributed by atoms with Gasteiger partial charge in [-0.15, -0.1) is 0 Å². The van der Waals surface area contributed by atoms with Crippen LogP contribution in [0.2, 0.25) is 0 Å². The second kappa shape index (κ2) is 6.75. The summed E-state index contributed by atoms with van der Waals surface area (Å²) in [5, 5.41) is 15.5. The number of aliphatic carboxylic acids is 1. The van der Waals surface area contributed by atoms with Gasteiger partial charge in [0.2, 0.25) is 5.91 Å². The Balaban J connectivity index is 2.07. The molecule has 2 aromatic rings. The maximum absolute atomic E-state index is 12.0. The van der Waals surface area contributed by atoms with Crippen molar-refractivity contribution in [2.45, 2.75) is 19.4 Å². The van der Waals surface area contributed by atoms with Gasteiger partial charge in [0.1, 0.15) is 11.5 Å². The molecule has 1 aromatic carbocycles. The minimum absolute atomic E-state index is 0.0444. The van der Waals surface area contributed by atoms with E-state index in [2.05, 4.69) is 10.5 Å². The molecule has 0 fully saturated rings. The van der Waals surface area contributed by atoms with Gasteiger partial charge in [-0.1, -0.05) is 17.3 Å². The van der Waals surface area contributed by atoms with Crippen LogP contribution in [0.1, 0.15) is 23.1 Å². The Labute approximate surface area is 126 Å². The fourth-order valence-corrected chi connectivity index (χ4v) is 1.96. The number of amides is 1. The maximum atomic E-state index is 12.0. The number of nitrogens with zero attached hydrogens (tertiary/aromatic N) is 1. The third kappa shape index (κ3) is 3.85. The van der Waals surface area contributed by atoms with Crippen molar-refractivity contribution < 1.29 is 24.0 Å². The van der Waals surface area contributed by atoms with Crippen molar-refractivity contribution >= 4 is 11.9 Å². The molecule has 0 bridgehead atoms. The van der Waals surface area contributed by atoms with E-state index in [1.807, 2.05) is 0 Å². The Bertz CT molecular complexity index is 663. The van der Waals surface area contributed by atoms with Crippen molar-refractivity contribution in [2.75, 3.05) is 7.11 Å². The van der Waals surface area contributed by atoms with Crippen molar-refractivity contribution in [3.8, 4) is 5.75 Å². The molecule has 0 aliphatic heterocycles. The summed E-state index contributed by atoms with van der Waals surface area (Å²) < 4.78 is 9.89. The van der Waals surface area contributed by atoms with Crippen LogP contribution >= 0.6 is 0 Å². The predicted molar refractivity (Wildman–Crippen MR) is 76.5 cm³/mol. The molecule has 1 aromatic heterocycles. The molecule has 1 amide bonds. The molecule has 2 rings (SSSR count). The first kappa shape index (κ1) is 15.6. The summed E-state index contributed by atoms with van der Waals surface area (Å²) >= 11 is 0. The summed E-state index contributed by atoms with van der Waals surface area (Å²) in [5.74, 6) is -0.392. The molecule has 0 aliphatic carbocycles. The van der Waals surface area contributed by atoms with E-state index < -0.39 is 17.9 Å². The van der Waals surface area contributed by atoms with Crippen LogP contribution in [-0.4, -0.2) is 29.2 Å². The van der Waals surface area contributed by atoms with E-state index in [9.17, 15) is 14.7 Å². The molecule has 2 N–H and O–H groups in total. The Morgan fingerprint density at radius 1 is 1.36 bits per heavy atom. The Kier molecular flexibility index (Phi) is 4.77. The highest BCUT2D eigenvalue weighted by atomic mass is 16.5. The molecule has 0 spiro atoms. The van der Waals surface area contributed by atoms with Crippen LogP contribution in [0, 0.1) is 6.92 Å². The summed E-state index contributed by atoms with van der Waals surface area (Å²) in [5.41, 5.74) is 0.909. The van der Waals surface area contributed by atoms with Crippen LogP contribution in [0.5, 0.6) is 5.75 Å². The van der Waals surface area contributed by atoms with Crippen LogP contribution in [-0.2, 0) is 16.0 Å². The second-order valence-electron chi connectivity index (χ2n) is 4.72. The number of aromatic nitrogens is 1. The fourth-order valence-electron chi connectivity index (χ4n) is 1.96. The van der Waals surface area contributed by atoms with Crippen LogP contribution in [0.25, 0.3) is 0 Å². The highest BCUT2D eigenvalue weighted by Crippen LogP contribution is 2.18. The number of methoxy groups -OCH3 is 1. The largest absolute Gasteiger partial charge is 0.497 e. The van der Waals surface area contributed by atoms with Gasteiger partial charge in [-0.05, 0) is 24.6 Å². The number of hydrogen-bond donors (Lipinski definition) is 2. The molecule has 22 heavy (non-hydrogen) atoms. The van der Waals surface area contributed by atoms with Crippen LogP contribution < -0.4 is 10.1 Å². The summed E-state index contributed by atoms with van der Waals surface area (Å²) in [6.45, 7) is 1.71. The minimum atomic E-state index is -1.14. The zero-order chi connectivity index (χ0) is 16.1. The molecule has 1 atom stereocenters. The zero-order valence-electron chi connectivity index (χ0n) is 12.2. The van der Waals surface area contributed by atoms with Gasteiger partial charge in [0.05, 0.1) is 19.2 Å². The van der Waals surface area contributed by atoms with Gasteiger partial charge in [-0.3, -0.25) is 4.79 Å². The van der Waals surface area contributed by atoms with Gasteiger partial charge in [0, 0.05) is 6.07 Å². The maximum Gasteiger partial charge on any atom is 0.330 e. The van der Waals surface area contributed by atoms with E-state index >= 15 is 0 Å². The van der Waals surface area contributed by atoms with E-state index in [0.717, 1.165) is 0 Å². The lowest BCUT2D eigenvalue weighted by molar-refractivity contribution is -0.142. The quantitative estimate of drug-likeness (QED) is 0.838. The predicted octanol–water partition coefficient (Wildman–Crippen LogP) is 1.48. The average Bonchev–Trinajstić information content (AvgIpc) is 2.89. The molecular weight excluding hydrogens is 288 g/mol. The number of ether oxygens (including phenoxy) is 1. The highest BCUT2D eigenvalue weighted by Gasteiger charge is 2.22. The van der Waals surface area contributed by atoms with E-state index in [1.165, 1.54) is 7.11 Å². The number of carboxylic acid groups (broad SMARTS) is 1. The molecule has 0 saturated heterocycles. The fraction of sp³-hybridized carbons (Fsp3) is 0.267. The highest BCUT2D eigenvalue weighted by molar-refractivity contribution is 5.85. The topological polar surface area (TPSA) is 102 Å². The van der Waals surface area contributed by atoms with Crippen LogP contribution in [0.15, 0.2) is 34.9 Å². The second-order valence-corrected chi connectivity index (χ2v) is 4.72. The van der Waals surface area contributed by atoms with Gasteiger partial charge in [0.25, 0.3) is 0 Å². The molecule has 116 valence electrons. The minimum Gasteiger partial charge on any atom is -0.497 e. The van der Waals surface area contributed by atoms with Gasteiger partial charge < -0.3 is 19.7 Å². The lowest BCUT2D eigenvalue weighted by Gasteiger charge is -2.15. The molecule has 1 heterocycles. The first-order chi connectivity index (χ1) is 10.5. The lowest BCUT2D eigenvalue weighted by Crippen LogP contribution is -2.34. The summed E-state index contributed by atoms with van der Waals surface area (Å²) in [4.78, 5) is 23.3. The van der Waals surface area contributed by atoms with Gasteiger partial charge in [0.15, 0.2) is 6.04 Å². The monoisotopic (exact) mass is 304 g/mol. The smallest absolute Gasteiger partial charge is 0.330 e. The van der Waals surface area contributed by atoms with Crippen molar-refractivity contribution in [1.82, 2.24) is 10.5 Å². The van der Waals surface area contributed by atoms with Gasteiger partial charge in [-0.25, -0.2) is 4.79 Å². The number of hydrogen-bond acceptors (Lipinski definition) is 5. The number of nitrogens with one attached hydrogen (secondary N) is 1. The molecule has 0 aliphatic rings. The standard InChI is InChI=1S/C15H16N2O5/c1-9-7-11(17-22-9)8-13(18)16-14(15(19)20)10-3-5-12(21-2)6-4-10/h3-7,14H,8H2,1-2H3,(H,16,18)(H,19,20). The molecule has 1 unspecified atom stereocenters. The average molecular weight is 304 g/mol. The van der Waals surface area contributed by atoms with E-state index in [-0.39, 0.29) is 6.42 Å². The number of benzene rings is 1. The van der Waals surface area contributed by atoms with Crippen molar-refractivity contribution in [3.63, 3.8) is 0 Å². The molecule has 7 nitrogen and oxygen atoms in total. The summed E-state index contributed by atoms with van der Waals surface area (Å²) in [6, 6.07) is 6.96. The van der Waals surface area contributed by atoms with Crippen LogP contribution in [0.3, 0.4) is 0 Å². The molecule has 0 saturated carbocycles. The summed E-state index contributed by atoms with van der Waals surface area (Å²) in [7, 11) is 1.52. The van der Waals surface area contributed by atoms with Crippen molar-refractivity contribution in [1.29, 1.82) is 0 Å². The summed E-state index contributed by atoms with van der Waals surface area (Å²) in [6.07, 6.45) is -0.0444. The lowest BCUT2D eigenvalue weighted by atomic mass is 10.1. The molecule has 0 radical (unpaired) electrons. The zero-order valence-corrected chi connectivity index (χ0v) is 12.2. The third-order valence-corrected chi connectivity index (χ3v) is 3.02. The number of carbonyl (C=O) groups is 2. The van der Waals surface area contributed by atoms with Crippen molar-refractivity contribution in [2.24, 2.45) is 0 Å². The van der Waals surface area contributed by atoms with E-state index in [4.69, 9.17) is 9.26 Å². The SMILES string of the molecule is COc1ccc(C(NC(=O)Cc2cc(C)on2)C(=O)O)cc1. The third-order valence-electron chi connectivity index (χ3n) is 3.02. The van der Waals surface area contributed by atoms with E-state index in [0.29, 0.717) is 22.8 Å². The first-order valence-electron chi connectivity index (χ1n) is 6.58. The number of carboxylic acids is 1. The Morgan fingerprint density at radius 3 is 2.55 bits per heavy atom. The number of rotatable bonds is 6. The molecular formula is C15H16N2O5. The number of aryl methyl sites for hydroxylation is 1. The van der Waals surface area contributed by atoms with Crippen LogP contribution in [0.4, 0.5) is 0 Å².